The van der Waals surface area contributed by atoms with Gasteiger partial charge in [0.25, 0.3) is 0 Å². The van der Waals surface area contributed by atoms with Crippen molar-refractivity contribution in [2.24, 2.45) is 0 Å². The van der Waals surface area contributed by atoms with Crippen molar-refractivity contribution in [1.29, 1.82) is 0 Å². The van der Waals surface area contributed by atoms with E-state index in [2.05, 4.69) is 4.74 Å². The Balaban J connectivity index is 3.13. The van der Waals surface area contributed by atoms with E-state index in [-0.39, 0.29) is 0 Å². The molecule has 0 unspecified atom stereocenters. The molecule has 0 aromatic rings. The Bertz CT molecular complexity index is 67.3. The van der Waals surface area contributed by atoms with Gasteiger partial charge in [-0.1, -0.05) is 0 Å². The highest BCUT2D eigenvalue weighted by Gasteiger charge is 1.97. The van der Waals surface area contributed by atoms with Gasteiger partial charge >= 0.3 is 5.97 Å². The van der Waals surface area contributed by atoms with E-state index in [1.807, 2.05) is 0 Å². The third-order valence-corrected chi connectivity index (χ3v) is 0.332. The summed E-state index contributed by atoms with van der Waals surface area (Å²) in [6.45, 7) is 2.47. The van der Waals surface area contributed by atoms with Crippen LogP contribution in [0.4, 0.5) is 0 Å². The molecule has 0 rings (SSSR count). The molecule has 7 heavy (non-hydrogen) atoms. The van der Waals surface area contributed by atoms with Gasteiger partial charge in [0.05, 0.1) is 0 Å². The molecule has 0 saturated carbocycles. The van der Waals surface area contributed by atoms with E-state index >= 15 is 0 Å². The molecule has 0 N–H and O–H groups in total. The molecule has 0 heterocycles. The van der Waals surface area contributed by atoms with Crippen LogP contribution in [-0.2, 0) is 14.6 Å². The summed E-state index contributed by atoms with van der Waals surface area (Å²) in [6, 6.07) is 0. The number of carbonyl (C=O) groups excluding carboxylic acids is 1. The Morgan fingerprint density at radius 1 is 1.71 bits per heavy atom. The number of hydrogen-bond acceptors (Lipinski definition) is 2. The lowest BCUT2D eigenvalue weighted by Crippen LogP contribution is -2.08. The van der Waals surface area contributed by atoms with Crippen molar-refractivity contribution in [2.45, 2.75) is 20.1 Å². The summed E-state index contributed by atoms with van der Waals surface area (Å²) in [5.74, 6) is -0.525. The maximum Gasteiger partial charge on any atom is 0.305 e. The predicted molar refractivity (Wildman–Crippen MR) is 21.9 cm³/mol. The average molecular weight is 103 g/mol. The molecule has 1 atom stereocenters. The number of carbonyl (C=O) groups is 1. The summed E-state index contributed by atoms with van der Waals surface area (Å²) in [7, 11) is 0. The molecule has 0 aliphatic heterocycles. The van der Waals surface area contributed by atoms with Crippen LogP contribution in [0.25, 0.3) is 0 Å². The van der Waals surface area contributed by atoms with Gasteiger partial charge in [-0.25, -0.2) is 0 Å². The lowest BCUT2D eigenvalue weighted by atomic mass is 10.7. The van der Waals surface area contributed by atoms with Gasteiger partial charge in [0.2, 0.25) is 6.29 Å². The van der Waals surface area contributed by atoms with Crippen LogP contribution in [0.1, 0.15) is 13.8 Å². The summed E-state index contributed by atoms with van der Waals surface area (Å²) in [6.07, 6.45) is -1.22. The van der Waals surface area contributed by atoms with E-state index in [1.54, 1.807) is 0 Å². The lowest BCUT2D eigenvalue weighted by molar-refractivity contribution is -0.171. The lowest BCUT2D eigenvalue weighted by Gasteiger charge is -1.98. The molecule has 3 heteroatoms. The first-order valence-corrected chi connectivity index (χ1v) is 1.96. The van der Waals surface area contributed by atoms with Crippen LogP contribution in [-0.4, -0.2) is 12.3 Å². The third-order valence-electron chi connectivity index (χ3n) is 0.332. The highest BCUT2D eigenvalue weighted by molar-refractivity contribution is 5.65. The van der Waals surface area contributed by atoms with E-state index < -0.39 is 12.3 Å². The van der Waals surface area contributed by atoms with Crippen molar-refractivity contribution in [2.75, 3.05) is 0 Å². The fraction of sp³-hybridized carbons (Fsp3) is 0.750. The first kappa shape index (κ1) is 6.43. The minimum absolute atomic E-state index is 0.525. The van der Waals surface area contributed by atoms with Gasteiger partial charge < -0.3 is 4.74 Å². The Labute approximate surface area is 41.9 Å². The molecule has 0 aliphatic carbocycles. The zero-order valence-corrected chi connectivity index (χ0v) is 4.30. The molecule has 0 bridgehead atoms. The van der Waals surface area contributed by atoms with Gasteiger partial charge in [-0.05, 0) is 0 Å². The molecule has 3 nitrogen and oxygen atoms in total. The number of hydrogen-bond donors (Lipinski definition) is 0. The fourth-order valence-corrected chi connectivity index (χ4v) is 0.234. The summed E-state index contributed by atoms with van der Waals surface area (Å²) in [4.78, 5) is 9.83. The Morgan fingerprint density at radius 2 is 2.14 bits per heavy atom. The SMILES string of the molecule is CC(=O)O[C@@H](C)[O]. The first-order valence-electron chi connectivity index (χ1n) is 1.96. The second-order valence-electron chi connectivity index (χ2n) is 1.18. The Morgan fingerprint density at radius 3 is 2.14 bits per heavy atom. The third kappa shape index (κ3) is 5.43. The summed E-state index contributed by atoms with van der Waals surface area (Å²) in [5, 5.41) is 9.89. The van der Waals surface area contributed by atoms with Gasteiger partial charge in [0.1, 0.15) is 0 Å². The summed E-state index contributed by atoms with van der Waals surface area (Å²) >= 11 is 0. The molecule has 0 aromatic carbocycles. The maximum absolute atomic E-state index is 9.89. The van der Waals surface area contributed by atoms with Gasteiger partial charge in [0.15, 0.2) is 0 Å². The van der Waals surface area contributed by atoms with E-state index in [9.17, 15) is 9.90 Å². The van der Waals surface area contributed by atoms with Crippen molar-refractivity contribution in [3.63, 3.8) is 0 Å². The topological polar surface area (TPSA) is 46.2 Å². The van der Waals surface area contributed by atoms with E-state index in [0.29, 0.717) is 0 Å². The monoisotopic (exact) mass is 103 g/mol. The van der Waals surface area contributed by atoms with Crippen LogP contribution < -0.4 is 0 Å². The van der Waals surface area contributed by atoms with Crippen molar-refractivity contribution < 1.29 is 14.6 Å². The highest BCUT2D eigenvalue weighted by atomic mass is 16.6. The quantitative estimate of drug-likeness (QED) is 0.354. The minimum Gasteiger partial charge on any atom is -0.433 e. The molecule has 0 fully saturated rings. The summed E-state index contributed by atoms with van der Waals surface area (Å²) in [5.41, 5.74) is 0. The van der Waals surface area contributed by atoms with Crippen molar-refractivity contribution in [3.05, 3.63) is 0 Å². The second kappa shape index (κ2) is 2.58. The minimum atomic E-state index is -1.22. The fourth-order valence-electron chi connectivity index (χ4n) is 0.234. The summed E-state index contributed by atoms with van der Waals surface area (Å²) < 4.78 is 4.06. The van der Waals surface area contributed by atoms with Crippen LogP contribution in [0, 0.1) is 0 Å². The zero-order valence-electron chi connectivity index (χ0n) is 4.30. The zero-order chi connectivity index (χ0) is 5.86. The molecule has 0 spiro atoms. The Hall–Kier alpha value is -0.570. The van der Waals surface area contributed by atoms with Crippen LogP contribution >= 0.6 is 0 Å². The van der Waals surface area contributed by atoms with Crippen molar-refractivity contribution in [1.82, 2.24) is 0 Å². The van der Waals surface area contributed by atoms with Crippen LogP contribution in [0.2, 0.25) is 0 Å². The Kier molecular flexibility index (Phi) is 2.37. The molecular weight excluding hydrogens is 96.0 g/mol. The van der Waals surface area contributed by atoms with E-state index in [4.69, 9.17) is 0 Å². The first-order chi connectivity index (χ1) is 3.13. The highest BCUT2D eigenvalue weighted by Crippen LogP contribution is 1.83. The molecular formula is C4H7O3. The largest absolute Gasteiger partial charge is 0.433 e. The smallest absolute Gasteiger partial charge is 0.305 e. The van der Waals surface area contributed by atoms with Gasteiger partial charge in [-0.2, -0.15) is 5.11 Å². The normalized spacial score (nSPS) is 13.0. The van der Waals surface area contributed by atoms with Gasteiger partial charge in [0, 0.05) is 13.8 Å². The van der Waals surface area contributed by atoms with Crippen molar-refractivity contribution in [3.8, 4) is 0 Å². The average Bonchev–Trinajstić information content (AvgIpc) is 1.27. The molecule has 0 aromatic heterocycles. The van der Waals surface area contributed by atoms with Gasteiger partial charge in [-0.15, -0.1) is 0 Å². The van der Waals surface area contributed by atoms with Crippen LogP contribution in [0.5, 0.6) is 0 Å². The molecule has 0 saturated heterocycles. The molecule has 1 radical (unpaired) electrons. The number of ether oxygens (including phenoxy) is 1. The number of esters is 1. The maximum atomic E-state index is 9.89. The molecule has 0 amide bonds. The number of rotatable bonds is 1. The van der Waals surface area contributed by atoms with Gasteiger partial charge in [-0.3, -0.25) is 4.79 Å². The molecule has 0 aliphatic rings. The van der Waals surface area contributed by atoms with E-state index in [0.717, 1.165) is 0 Å². The standard InChI is InChI=1S/C4H7O3/c1-3(5)7-4(2)6/h3H,1-2H3/t3-/m0/s1. The second-order valence-corrected chi connectivity index (χ2v) is 1.18. The van der Waals surface area contributed by atoms with Crippen molar-refractivity contribution >= 4 is 5.97 Å². The van der Waals surface area contributed by atoms with E-state index in [1.165, 1.54) is 13.8 Å². The molecule has 41 valence electrons. The van der Waals surface area contributed by atoms with Crippen LogP contribution in [0.3, 0.4) is 0 Å². The van der Waals surface area contributed by atoms with Crippen LogP contribution in [0.15, 0.2) is 0 Å². The predicted octanol–water partition coefficient (Wildman–Crippen LogP) is 0.326.